The average molecular weight is 246 g/mol. The molecule has 0 aromatic rings. The highest BCUT2D eigenvalue weighted by Crippen LogP contribution is 2.28. The van der Waals surface area contributed by atoms with Crippen LogP contribution >= 0.6 is 11.8 Å². The topological polar surface area (TPSA) is 47.3 Å². The summed E-state index contributed by atoms with van der Waals surface area (Å²) in [4.78, 5) is 0. The fraction of sp³-hybridized carbons (Fsp3) is 1.00. The van der Waals surface area contributed by atoms with Crippen LogP contribution in [0.15, 0.2) is 0 Å². The lowest BCUT2D eigenvalue weighted by Gasteiger charge is -2.24. The maximum absolute atomic E-state index is 5.58. The Labute approximate surface area is 104 Å². The van der Waals surface area contributed by atoms with Gasteiger partial charge in [-0.25, -0.2) is 0 Å². The molecule has 4 heteroatoms. The van der Waals surface area contributed by atoms with Gasteiger partial charge in [0.05, 0.1) is 18.8 Å². The molecule has 0 aromatic carbocycles. The van der Waals surface area contributed by atoms with Gasteiger partial charge in [0.1, 0.15) is 0 Å². The van der Waals surface area contributed by atoms with E-state index in [1.54, 1.807) is 0 Å². The lowest BCUT2D eigenvalue weighted by molar-refractivity contribution is 0.0655. The summed E-state index contributed by atoms with van der Waals surface area (Å²) in [5.41, 5.74) is 2.85. The normalized spacial score (nSPS) is 20.2. The van der Waals surface area contributed by atoms with Gasteiger partial charge >= 0.3 is 0 Å². The first kappa shape index (κ1) is 14.3. The molecule has 0 aliphatic heterocycles. The number of ether oxygens (including phenoxy) is 1. The van der Waals surface area contributed by atoms with Crippen molar-refractivity contribution < 1.29 is 4.74 Å². The predicted molar refractivity (Wildman–Crippen MR) is 71.5 cm³/mol. The van der Waals surface area contributed by atoms with Gasteiger partial charge in [-0.1, -0.05) is 19.3 Å². The first-order valence-electron chi connectivity index (χ1n) is 6.41. The smallest absolute Gasteiger partial charge is 0.0644 e. The van der Waals surface area contributed by atoms with Crippen molar-refractivity contribution >= 4 is 11.8 Å². The van der Waals surface area contributed by atoms with Gasteiger partial charge in [0.2, 0.25) is 0 Å². The largest absolute Gasteiger partial charge is 0.377 e. The fourth-order valence-corrected chi connectivity index (χ4v) is 3.30. The minimum absolute atomic E-state index is 0.286. The molecule has 1 saturated carbocycles. The summed E-state index contributed by atoms with van der Waals surface area (Å²) in [7, 11) is 0. The van der Waals surface area contributed by atoms with Gasteiger partial charge in [-0.2, -0.15) is 11.8 Å². The van der Waals surface area contributed by atoms with Crippen molar-refractivity contribution in [1.29, 1.82) is 0 Å². The van der Waals surface area contributed by atoms with Crippen LogP contribution in [-0.4, -0.2) is 29.8 Å². The third-order valence-corrected chi connectivity index (χ3v) is 4.49. The summed E-state index contributed by atoms with van der Waals surface area (Å²) in [5.74, 6) is 6.59. The van der Waals surface area contributed by atoms with Crippen LogP contribution in [-0.2, 0) is 4.74 Å². The quantitative estimate of drug-likeness (QED) is 0.534. The van der Waals surface area contributed by atoms with Crippen LogP contribution in [0.2, 0.25) is 0 Å². The second kappa shape index (κ2) is 8.34. The summed E-state index contributed by atoms with van der Waals surface area (Å²) in [6.07, 6.45) is 7.28. The van der Waals surface area contributed by atoms with Crippen LogP contribution < -0.4 is 11.3 Å². The van der Waals surface area contributed by atoms with Crippen molar-refractivity contribution in [2.45, 2.75) is 63.3 Å². The first-order chi connectivity index (χ1) is 7.72. The van der Waals surface area contributed by atoms with E-state index in [1.807, 2.05) is 0 Å². The van der Waals surface area contributed by atoms with Crippen molar-refractivity contribution in [2.24, 2.45) is 5.84 Å². The van der Waals surface area contributed by atoms with Gasteiger partial charge in [-0.05, 0) is 26.7 Å². The number of nitrogens with two attached hydrogens (primary N) is 1. The zero-order valence-electron chi connectivity index (χ0n) is 10.6. The molecule has 1 rings (SSSR count). The number of hydrazine groups is 1. The third-order valence-electron chi connectivity index (χ3n) is 2.95. The van der Waals surface area contributed by atoms with Crippen LogP contribution in [0.3, 0.4) is 0 Å². The fourth-order valence-electron chi connectivity index (χ4n) is 1.94. The van der Waals surface area contributed by atoms with Crippen LogP contribution in [0.5, 0.6) is 0 Å². The Hall–Kier alpha value is 0.230. The summed E-state index contributed by atoms with van der Waals surface area (Å²) >= 11 is 2.06. The number of thioether (sulfide) groups is 1. The summed E-state index contributed by atoms with van der Waals surface area (Å²) in [5, 5.41) is 0.851. The van der Waals surface area contributed by atoms with Crippen LogP contribution in [0, 0.1) is 0 Å². The van der Waals surface area contributed by atoms with E-state index in [9.17, 15) is 0 Å². The highest BCUT2D eigenvalue weighted by Gasteiger charge is 2.16. The highest BCUT2D eigenvalue weighted by atomic mass is 32.2. The van der Waals surface area contributed by atoms with Gasteiger partial charge in [0.25, 0.3) is 0 Å². The summed E-state index contributed by atoms with van der Waals surface area (Å²) < 4.78 is 5.58. The van der Waals surface area contributed by atoms with Crippen LogP contribution in [0.25, 0.3) is 0 Å². The zero-order valence-corrected chi connectivity index (χ0v) is 11.4. The van der Waals surface area contributed by atoms with E-state index < -0.39 is 0 Å². The minimum Gasteiger partial charge on any atom is -0.377 e. The molecule has 0 bridgehead atoms. The molecule has 1 atom stereocenters. The van der Waals surface area contributed by atoms with Gasteiger partial charge in [0.15, 0.2) is 0 Å². The van der Waals surface area contributed by atoms with Gasteiger partial charge < -0.3 is 4.74 Å². The lowest BCUT2D eigenvalue weighted by Crippen LogP contribution is -2.41. The van der Waals surface area contributed by atoms with E-state index in [-0.39, 0.29) is 12.1 Å². The molecule has 1 unspecified atom stereocenters. The van der Waals surface area contributed by atoms with E-state index in [4.69, 9.17) is 10.6 Å². The molecule has 0 spiro atoms. The molecular weight excluding hydrogens is 220 g/mol. The van der Waals surface area contributed by atoms with Crippen LogP contribution in [0.1, 0.15) is 46.0 Å². The van der Waals surface area contributed by atoms with Crippen molar-refractivity contribution in [2.75, 3.05) is 12.4 Å². The van der Waals surface area contributed by atoms with Gasteiger partial charge in [0, 0.05) is 11.0 Å². The maximum atomic E-state index is 5.58. The van der Waals surface area contributed by atoms with E-state index in [2.05, 4.69) is 31.0 Å². The van der Waals surface area contributed by atoms with Gasteiger partial charge in [-0.15, -0.1) is 0 Å². The molecule has 3 N–H and O–H groups in total. The van der Waals surface area contributed by atoms with E-state index in [1.165, 1.54) is 32.1 Å². The Bertz CT molecular complexity index is 172. The first-order valence-corrected chi connectivity index (χ1v) is 7.46. The standard InChI is InChI=1S/C12H26N2OS/c1-10(2)15-8-11(14-13)9-16-12-6-4-3-5-7-12/h10-12,14H,3-9,13H2,1-2H3. The molecule has 0 amide bonds. The number of hydrogen-bond acceptors (Lipinski definition) is 4. The molecule has 0 radical (unpaired) electrons. The lowest BCUT2D eigenvalue weighted by atomic mass is 10.0. The Kier molecular flexibility index (Phi) is 7.45. The van der Waals surface area contributed by atoms with Crippen molar-refractivity contribution in [3.05, 3.63) is 0 Å². The molecule has 1 fully saturated rings. The third kappa shape index (κ3) is 6.09. The minimum atomic E-state index is 0.286. The van der Waals surface area contributed by atoms with E-state index in [0.717, 1.165) is 11.0 Å². The molecule has 96 valence electrons. The Morgan fingerprint density at radius 3 is 2.56 bits per heavy atom. The second-order valence-corrected chi connectivity index (χ2v) is 6.17. The molecule has 0 heterocycles. The molecule has 3 nitrogen and oxygen atoms in total. The number of hydrogen-bond donors (Lipinski definition) is 2. The van der Waals surface area contributed by atoms with Crippen molar-refractivity contribution in [3.63, 3.8) is 0 Å². The van der Waals surface area contributed by atoms with E-state index >= 15 is 0 Å². The molecule has 1 aliphatic carbocycles. The monoisotopic (exact) mass is 246 g/mol. The summed E-state index contributed by atoms with van der Waals surface area (Å²) in [6.45, 7) is 4.83. The number of nitrogens with one attached hydrogen (secondary N) is 1. The van der Waals surface area contributed by atoms with E-state index in [0.29, 0.717) is 6.61 Å². The second-order valence-electron chi connectivity index (χ2n) is 4.84. The molecule has 1 aliphatic rings. The average Bonchev–Trinajstić information content (AvgIpc) is 2.30. The van der Waals surface area contributed by atoms with Crippen molar-refractivity contribution in [1.82, 2.24) is 5.43 Å². The molecule has 0 aromatic heterocycles. The van der Waals surface area contributed by atoms with Crippen molar-refractivity contribution in [3.8, 4) is 0 Å². The highest BCUT2D eigenvalue weighted by molar-refractivity contribution is 7.99. The molecule has 0 saturated heterocycles. The van der Waals surface area contributed by atoms with Crippen LogP contribution in [0.4, 0.5) is 0 Å². The molecule has 16 heavy (non-hydrogen) atoms. The predicted octanol–water partition coefficient (Wildman–Crippen LogP) is 2.31. The van der Waals surface area contributed by atoms with Gasteiger partial charge in [-0.3, -0.25) is 11.3 Å². The summed E-state index contributed by atoms with van der Waals surface area (Å²) in [6, 6.07) is 0.286. The molecular formula is C12H26N2OS. The zero-order chi connectivity index (χ0) is 11.8. The maximum Gasteiger partial charge on any atom is 0.0644 e. The number of rotatable bonds is 7. The Morgan fingerprint density at radius 2 is 2.00 bits per heavy atom. The SMILES string of the molecule is CC(C)OCC(CSC1CCCCC1)NN. The Balaban J connectivity index is 2.11. The Morgan fingerprint density at radius 1 is 1.31 bits per heavy atom.